The molecular formula is C11H16ClNOS. The third-order valence-electron chi connectivity index (χ3n) is 2.08. The van der Waals surface area contributed by atoms with E-state index in [1.165, 1.54) is 0 Å². The SMILES string of the molecule is CC(C)(C)S(=O)Cc1ccc(Cl)cc1N. The highest BCUT2D eigenvalue weighted by Crippen LogP contribution is 2.22. The van der Waals surface area contributed by atoms with Crippen LogP contribution in [0, 0.1) is 0 Å². The molecule has 0 saturated carbocycles. The van der Waals surface area contributed by atoms with Gasteiger partial charge in [-0.15, -0.1) is 0 Å². The number of rotatable bonds is 2. The number of nitrogens with two attached hydrogens (primary N) is 1. The fraction of sp³-hybridized carbons (Fsp3) is 0.455. The van der Waals surface area contributed by atoms with E-state index in [9.17, 15) is 4.21 Å². The van der Waals surface area contributed by atoms with Crippen LogP contribution in [0.2, 0.25) is 5.02 Å². The molecule has 0 aromatic heterocycles. The van der Waals surface area contributed by atoms with Crippen molar-refractivity contribution < 1.29 is 4.21 Å². The number of hydrogen-bond donors (Lipinski definition) is 1. The summed E-state index contributed by atoms with van der Waals surface area (Å²) in [5.74, 6) is 0.479. The highest BCUT2D eigenvalue weighted by Gasteiger charge is 2.20. The zero-order valence-electron chi connectivity index (χ0n) is 9.21. The van der Waals surface area contributed by atoms with E-state index in [4.69, 9.17) is 17.3 Å². The highest BCUT2D eigenvalue weighted by atomic mass is 35.5. The first-order valence-corrected chi connectivity index (χ1v) is 6.43. The molecule has 4 heteroatoms. The second kappa shape index (κ2) is 4.54. The molecule has 0 bridgehead atoms. The first-order chi connectivity index (χ1) is 6.80. The van der Waals surface area contributed by atoms with Crippen LogP contribution in [0.25, 0.3) is 0 Å². The summed E-state index contributed by atoms with van der Waals surface area (Å²) in [5, 5.41) is 0.609. The molecule has 0 fully saturated rings. The van der Waals surface area contributed by atoms with Crippen LogP contribution in [0.5, 0.6) is 0 Å². The van der Waals surface area contributed by atoms with Gasteiger partial charge in [-0.1, -0.05) is 17.7 Å². The summed E-state index contributed by atoms with van der Waals surface area (Å²) in [6.07, 6.45) is 0. The van der Waals surface area contributed by atoms with Crippen molar-refractivity contribution in [1.82, 2.24) is 0 Å². The van der Waals surface area contributed by atoms with Gasteiger partial charge in [0, 0.05) is 26.3 Å². The lowest BCUT2D eigenvalue weighted by molar-refractivity contribution is 0.648. The Balaban J connectivity index is 2.87. The van der Waals surface area contributed by atoms with Gasteiger partial charge >= 0.3 is 0 Å². The summed E-state index contributed by atoms with van der Waals surface area (Å²) in [5.41, 5.74) is 7.30. The van der Waals surface area contributed by atoms with Crippen LogP contribution in [0.3, 0.4) is 0 Å². The number of nitrogen functional groups attached to an aromatic ring is 1. The fourth-order valence-electron chi connectivity index (χ4n) is 1.05. The van der Waals surface area contributed by atoms with Crippen molar-refractivity contribution in [2.24, 2.45) is 0 Å². The third kappa shape index (κ3) is 3.50. The molecule has 15 heavy (non-hydrogen) atoms. The van der Waals surface area contributed by atoms with Crippen molar-refractivity contribution in [2.75, 3.05) is 5.73 Å². The average molecular weight is 246 g/mol. The predicted molar refractivity (Wildman–Crippen MR) is 67.5 cm³/mol. The van der Waals surface area contributed by atoms with Crippen LogP contribution in [0.4, 0.5) is 5.69 Å². The number of benzene rings is 1. The summed E-state index contributed by atoms with van der Waals surface area (Å²) < 4.78 is 11.7. The molecule has 0 radical (unpaired) electrons. The van der Waals surface area contributed by atoms with Gasteiger partial charge < -0.3 is 5.73 Å². The number of hydrogen-bond acceptors (Lipinski definition) is 2. The summed E-state index contributed by atoms with van der Waals surface area (Å²) in [6, 6.07) is 5.30. The summed E-state index contributed by atoms with van der Waals surface area (Å²) in [4.78, 5) is 0. The van der Waals surface area contributed by atoms with Crippen LogP contribution >= 0.6 is 11.6 Å². The molecule has 84 valence electrons. The Morgan fingerprint density at radius 3 is 2.47 bits per heavy atom. The Morgan fingerprint density at radius 1 is 1.40 bits per heavy atom. The Labute approximate surface area is 98.3 Å². The lowest BCUT2D eigenvalue weighted by Gasteiger charge is -2.18. The third-order valence-corrected chi connectivity index (χ3v) is 4.25. The Kier molecular flexibility index (Phi) is 3.79. The van der Waals surface area contributed by atoms with Crippen LogP contribution in [0.1, 0.15) is 26.3 Å². The van der Waals surface area contributed by atoms with Crippen LogP contribution in [0.15, 0.2) is 18.2 Å². The molecule has 0 aliphatic heterocycles. The maximum atomic E-state index is 11.9. The normalized spacial score (nSPS) is 13.9. The lowest BCUT2D eigenvalue weighted by atomic mass is 10.2. The minimum Gasteiger partial charge on any atom is -0.398 e. The first kappa shape index (κ1) is 12.5. The zero-order valence-corrected chi connectivity index (χ0v) is 10.8. The largest absolute Gasteiger partial charge is 0.398 e. The Hall–Kier alpha value is -0.540. The predicted octanol–water partition coefficient (Wildman–Crippen LogP) is 2.97. The fourth-order valence-corrected chi connectivity index (χ4v) is 2.21. The van der Waals surface area contributed by atoms with E-state index >= 15 is 0 Å². The van der Waals surface area contributed by atoms with Gasteiger partial charge in [0.15, 0.2) is 0 Å². The van der Waals surface area contributed by atoms with E-state index < -0.39 is 10.8 Å². The molecule has 1 aromatic carbocycles. The lowest BCUT2D eigenvalue weighted by Crippen LogP contribution is -2.23. The standard InChI is InChI=1S/C11H16ClNOS/c1-11(2,3)15(14)7-8-4-5-9(12)6-10(8)13/h4-6H,7,13H2,1-3H3. The molecular weight excluding hydrogens is 230 g/mol. The molecule has 0 aliphatic carbocycles. The molecule has 1 atom stereocenters. The van der Waals surface area contributed by atoms with Crippen LogP contribution < -0.4 is 5.73 Å². The molecule has 2 N–H and O–H groups in total. The van der Waals surface area contributed by atoms with Crippen LogP contribution in [-0.2, 0) is 16.6 Å². The topological polar surface area (TPSA) is 43.1 Å². The maximum Gasteiger partial charge on any atom is 0.0511 e. The minimum atomic E-state index is -0.928. The van der Waals surface area contributed by atoms with E-state index in [-0.39, 0.29) is 4.75 Å². The molecule has 0 heterocycles. The Morgan fingerprint density at radius 2 is 2.00 bits per heavy atom. The number of halogens is 1. The quantitative estimate of drug-likeness (QED) is 0.814. The smallest absolute Gasteiger partial charge is 0.0511 e. The van der Waals surface area contributed by atoms with Crippen molar-refractivity contribution in [1.29, 1.82) is 0 Å². The summed E-state index contributed by atoms with van der Waals surface area (Å²) in [7, 11) is -0.928. The van der Waals surface area contributed by atoms with Gasteiger partial charge in [0.1, 0.15) is 0 Å². The molecule has 1 rings (SSSR count). The maximum absolute atomic E-state index is 11.9. The minimum absolute atomic E-state index is 0.216. The van der Waals surface area contributed by atoms with Gasteiger partial charge in [0.25, 0.3) is 0 Å². The van der Waals surface area contributed by atoms with Gasteiger partial charge in [-0.2, -0.15) is 0 Å². The van der Waals surface area contributed by atoms with Crippen LogP contribution in [-0.4, -0.2) is 8.96 Å². The van der Waals surface area contributed by atoms with Gasteiger partial charge in [-0.3, -0.25) is 4.21 Å². The van der Waals surface area contributed by atoms with Gasteiger partial charge in [-0.05, 0) is 38.5 Å². The molecule has 1 unspecified atom stereocenters. The molecule has 1 aromatic rings. The van der Waals surface area contributed by atoms with Crippen molar-refractivity contribution in [3.63, 3.8) is 0 Å². The van der Waals surface area contributed by atoms with Crippen molar-refractivity contribution in [2.45, 2.75) is 31.3 Å². The Bertz CT molecular complexity index is 385. The van der Waals surface area contributed by atoms with E-state index in [0.717, 1.165) is 5.56 Å². The first-order valence-electron chi connectivity index (χ1n) is 4.73. The van der Waals surface area contributed by atoms with Crippen molar-refractivity contribution in [3.05, 3.63) is 28.8 Å². The molecule has 0 saturated heterocycles. The van der Waals surface area contributed by atoms with Gasteiger partial charge in [-0.25, -0.2) is 0 Å². The van der Waals surface area contributed by atoms with Gasteiger partial charge in [0.2, 0.25) is 0 Å². The molecule has 2 nitrogen and oxygen atoms in total. The molecule has 0 amide bonds. The summed E-state index contributed by atoms with van der Waals surface area (Å²) >= 11 is 5.79. The monoisotopic (exact) mass is 245 g/mol. The van der Waals surface area contributed by atoms with E-state index in [1.807, 2.05) is 26.8 Å². The highest BCUT2D eigenvalue weighted by molar-refractivity contribution is 7.85. The van der Waals surface area contributed by atoms with E-state index in [1.54, 1.807) is 12.1 Å². The molecule has 0 aliphatic rings. The molecule has 0 spiro atoms. The van der Waals surface area contributed by atoms with Crippen molar-refractivity contribution >= 4 is 28.1 Å². The summed E-state index contributed by atoms with van der Waals surface area (Å²) in [6.45, 7) is 5.86. The second-order valence-electron chi connectivity index (χ2n) is 4.45. The van der Waals surface area contributed by atoms with E-state index in [2.05, 4.69) is 0 Å². The van der Waals surface area contributed by atoms with Gasteiger partial charge in [0.05, 0.1) is 5.75 Å². The van der Waals surface area contributed by atoms with Crippen molar-refractivity contribution in [3.8, 4) is 0 Å². The zero-order chi connectivity index (χ0) is 11.6. The number of anilines is 1. The second-order valence-corrected chi connectivity index (χ2v) is 7.09. The average Bonchev–Trinajstić information content (AvgIpc) is 2.08. The van der Waals surface area contributed by atoms with E-state index in [0.29, 0.717) is 16.5 Å².